The molecule has 0 aromatic heterocycles. The number of benzene rings is 2. The van der Waals surface area contributed by atoms with Gasteiger partial charge in [-0.2, -0.15) is 0 Å². The van der Waals surface area contributed by atoms with E-state index in [9.17, 15) is 18.8 Å². The lowest BCUT2D eigenvalue weighted by atomic mass is 10.1. The highest BCUT2D eigenvalue weighted by Crippen LogP contribution is 2.24. The van der Waals surface area contributed by atoms with E-state index in [1.54, 1.807) is 34.1 Å². The van der Waals surface area contributed by atoms with Crippen LogP contribution in [0.15, 0.2) is 48.5 Å². The lowest BCUT2D eigenvalue weighted by Crippen LogP contribution is -2.56. The van der Waals surface area contributed by atoms with Gasteiger partial charge in [0.05, 0.1) is 0 Å². The minimum Gasteiger partial charge on any atom is -0.329 e. The van der Waals surface area contributed by atoms with Crippen molar-refractivity contribution >= 4 is 23.4 Å². The van der Waals surface area contributed by atoms with Gasteiger partial charge in [0.15, 0.2) is 0 Å². The van der Waals surface area contributed by atoms with Crippen LogP contribution in [0.2, 0.25) is 0 Å². The Morgan fingerprint density at radius 1 is 1.07 bits per heavy atom. The largest absolute Gasteiger partial charge is 0.329 e. The molecule has 2 aromatic rings. The third-order valence-corrected chi connectivity index (χ3v) is 5.19. The highest BCUT2D eigenvalue weighted by molar-refractivity contribution is 6.04. The normalized spacial score (nSPS) is 19.0. The molecule has 0 aliphatic carbocycles. The molecule has 3 amide bonds. The van der Waals surface area contributed by atoms with Crippen molar-refractivity contribution in [1.29, 1.82) is 0 Å². The summed E-state index contributed by atoms with van der Waals surface area (Å²) in [7, 11) is 0. The van der Waals surface area contributed by atoms with Crippen LogP contribution in [0.3, 0.4) is 0 Å². The van der Waals surface area contributed by atoms with Crippen molar-refractivity contribution in [2.24, 2.45) is 0 Å². The molecule has 7 heteroatoms. The van der Waals surface area contributed by atoms with Gasteiger partial charge in [0.25, 0.3) is 5.91 Å². The monoisotopic (exact) mass is 381 g/mol. The molecule has 0 bridgehead atoms. The van der Waals surface area contributed by atoms with Gasteiger partial charge in [0.1, 0.15) is 18.4 Å². The van der Waals surface area contributed by atoms with Crippen LogP contribution in [0.1, 0.15) is 28.8 Å². The summed E-state index contributed by atoms with van der Waals surface area (Å²) in [6.07, 6.45) is 1.59. The lowest BCUT2D eigenvalue weighted by Gasteiger charge is -2.36. The van der Waals surface area contributed by atoms with Crippen LogP contribution in [0.5, 0.6) is 0 Å². The van der Waals surface area contributed by atoms with E-state index in [1.165, 1.54) is 24.3 Å². The van der Waals surface area contributed by atoms with E-state index >= 15 is 0 Å². The number of carbonyl (C=O) groups excluding carboxylic acids is 3. The van der Waals surface area contributed by atoms with Crippen molar-refractivity contribution in [2.45, 2.75) is 25.4 Å². The van der Waals surface area contributed by atoms with Crippen LogP contribution in [0.25, 0.3) is 0 Å². The van der Waals surface area contributed by atoms with E-state index < -0.39 is 0 Å². The van der Waals surface area contributed by atoms with E-state index in [1.807, 2.05) is 0 Å². The zero-order valence-corrected chi connectivity index (χ0v) is 15.2. The van der Waals surface area contributed by atoms with Crippen molar-refractivity contribution in [3.63, 3.8) is 0 Å². The molecule has 2 aliphatic rings. The molecule has 0 saturated carbocycles. The maximum Gasteiger partial charge on any atom is 0.255 e. The first kappa shape index (κ1) is 18.2. The van der Waals surface area contributed by atoms with Gasteiger partial charge in [-0.15, -0.1) is 0 Å². The third kappa shape index (κ3) is 3.60. The number of hydrogen-bond acceptors (Lipinski definition) is 3. The molecule has 2 aliphatic heterocycles. The first-order valence-corrected chi connectivity index (χ1v) is 9.25. The molecule has 6 nitrogen and oxygen atoms in total. The van der Waals surface area contributed by atoms with E-state index in [2.05, 4.69) is 5.32 Å². The molecule has 2 aromatic carbocycles. The number of nitrogens with zero attached hydrogens (tertiary/aromatic N) is 2. The van der Waals surface area contributed by atoms with E-state index in [4.69, 9.17) is 0 Å². The maximum absolute atomic E-state index is 12.9. The fraction of sp³-hybridized carbons (Fsp3) is 0.286. The quantitative estimate of drug-likeness (QED) is 0.884. The molecule has 4 rings (SSSR count). The lowest BCUT2D eigenvalue weighted by molar-refractivity contribution is -0.154. The summed E-state index contributed by atoms with van der Waals surface area (Å²) in [5.74, 6) is -0.676. The van der Waals surface area contributed by atoms with Gasteiger partial charge in [0, 0.05) is 24.3 Å². The Balaban J connectivity index is 1.40. The predicted molar refractivity (Wildman–Crippen MR) is 101 cm³/mol. The molecule has 2 fully saturated rings. The molecule has 0 radical (unpaired) electrons. The Kier molecular flexibility index (Phi) is 4.81. The van der Waals surface area contributed by atoms with E-state index in [0.29, 0.717) is 24.3 Å². The summed E-state index contributed by atoms with van der Waals surface area (Å²) in [6.45, 7) is 1.11. The van der Waals surface area contributed by atoms with Gasteiger partial charge in [-0.05, 0) is 54.8 Å². The van der Waals surface area contributed by atoms with Crippen molar-refractivity contribution < 1.29 is 18.8 Å². The molecule has 1 atom stereocenters. The molecule has 0 unspecified atom stereocenters. The number of carbonyl (C=O) groups is 3. The molecule has 2 heterocycles. The SMILES string of the molecule is O=C(Nc1ccc(F)cc1)c1ccc(CN2CC(=O)N3CCC[C@@H]3C2=O)cc1. The molecular weight excluding hydrogens is 361 g/mol. The fourth-order valence-corrected chi connectivity index (χ4v) is 3.72. The van der Waals surface area contributed by atoms with E-state index in [0.717, 1.165) is 18.4 Å². The maximum atomic E-state index is 12.9. The Morgan fingerprint density at radius 3 is 2.50 bits per heavy atom. The second-order valence-corrected chi connectivity index (χ2v) is 7.10. The highest BCUT2D eigenvalue weighted by Gasteiger charge is 2.41. The predicted octanol–water partition coefficient (Wildman–Crippen LogP) is 2.41. The van der Waals surface area contributed by atoms with Gasteiger partial charge >= 0.3 is 0 Å². The summed E-state index contributed by atoms with van der Waals surface area (Å²) in [4.78, 5) is 40.4. The van der Waals surface area contributed by atoms with Crippen LogP contribution in [-0.4, -0.2) is 46.7 Å². The smallest absolute Gasteiger partial charge is 0.255 e. The zero-order chi connectivity index (χ0) is 19.7. The van der Waals surface area contributed by atoms with Gasteiger partial charge in [-0.1, -0.05) is 12.1 Å². The number of fused-ring (bicyclic) bond motifs is 1. The summed E-state index contributed by atoms with van der Waals surface area (Å²) >= 11 is 0. The first-order chi connectivity index (χ1) is 13.5. The summed E-state index contributed by atoms with van der Waals surface area (Å²) in [6, 6.07) is 12.1. The molecule has 144 valence electrons. The summed E-state index contributed by atoms with van der Waals surface area (Å²) in [5, 5.41) is 2.70. The van der Waals surface area contributed by atoms with Crippen LogP contribution < -0.4 is 5.32 Å². The number of nitrogens with one attached hydrogen (secondary N) is 1. The minimum atomic E-state index is -0.367. The van der Waals surface area contributed by atoms with Crippen LogP contribution >= 0.6 is 0 Å². The zero-order valence-electron chi connectivity index (χ0n) is 15.2. The van der Waals surface area contributed by atoms with Crippen LogP contribution in [0.4, 0.5) is 10.1 Å². The number of piperazine rings is 1. The average molecular weight is 381 g/mol. The van der Waals surface area contributed by atoms with Crippen LogP contribution in [-0.2, 0) is 16.1 Å². The Labute approximate surface area is 161 Å². The van der Waals surface area contributed by atoms with Gasteiger partial charge < -0.3 is 15.1 Å². The van der Waals surface area contributed by atoms with Gasteiger partial charge in [0.2, 0.25) is 11.8 Å². The molecule has 1 N–H and O–H groups in total. The fourth-order valence-electron chi connectivity index (χ4n) is 3.72. The molecular formula is C21H20FN3O3. The number of amides is 3. The number of halogens is 1. The topological polar surface area (TPSA) is 69.7 Å². The van der Waals surface area contributed by atoms with Crippen molar-refractivity contribution in [3.05, 3.63) is 65.5 Å². The second kappa shape index (κ2) is 7.42. The van der Waals surface area contributed by atoms with Gasteiger partial charge in [-0.3, -0.25) is 14.4 Å². The highest BCUT2D eigenvalue weighted by atomic mass is 19.1. The number of anilines is 1. The van der Waals surface area contributed by atoms with Crippen molar-refractivity contribution in [1.82, 2.24) is 9.80 Å². The second-order valence-electron chi connectivity index (χ2n) is 7.10. The minimum absolute atomic E-state index is 0.00241. The Hall–Kier alpha value is -3.22. The average Bonchev–Trinajstić information content (AvgIpc) is 3.19. The van der Waals surface area contributed by atoms with E-state index in [-0.39, 0.29) is 36.1 Å². The Morgan fingerprint density at radius 2 is 1.79 bits per heavy atom. The van der Waals surface area contributed by atoms with Crippen molar-refractivity contribution in [3.8, 4) is 0 Å². The first-order valence-electron chi connectivity index (χ1n) is 9.25. The Bertz CT molecular complexity index is 911. The van der Waals surface area contributed by atoms with Gasteiger partial charge in [-0.25, -0.2) is 4.39 Å². The molecule has 28 heavy (non-hydrogen) atoms. The standard InChI is InChI=1S/C21H20FN3O3/c22-16-7-9-17(10-8-16)23-20(27)15-5-3-14(4-6-15)12-24-13-19(26)25-11-1-2-18(25)21(24)28/h3-10,18H,1-2,11-13H2,(H,23,27)/t18-/m1/s1. The summed E-state index contributed by atoms with van der Waals surface area (Å²) < 4.78 is 12.9. The number of rotatable bonds is 4. The molecule has 0 spiro atoms. The number of hydrogen-bond donors (Lipinski definition) is 1. The van der Waals surface area contributed by atoms with Crippen molar-refractivity contribution in [2.75, 3.05) is 18.4 Å². The summed E-state index contributed by atoms with van der Waals surface area (Å²) in [5.41, 5.74) is 1.82. The van der Waals surface area contributed by atoms with Crippen LogP contribution in [0, 0.1) is 5.82 Å². The molecule has 2 saturated heterocycles. The third-order valence-electron chi connectivity index (χ3n) is 5.19.